The number of nitrogens with one attached hydrogen (secondary N) is 9. The summed E-state index contributed by atoms with van der Waals surface area (Å²) in [7, 11) is 0. The lowest BCUT2D eigenvalue weighted by molar-refractivity contribution is -0.140. The predicted molar refractivity (Wildman–Crippen MR) is 306 cm³/mol. The van der Waals surface area contributed by atoms with Crippen molar-refractivity contribution in [1.29, 1.82) is 0 Å². The van der Waals surface area contributed by atoms with Crippen LogP contribution in [0.5, 0.6) is 0 Å². The quantitative estimate of drug-likeness (QED) is 0.0251. The predicted octanol–water partition coefficient (Wildman–Crippen LogP) is 2.29. The highest BCUT2D eigenvalue weighted by Crippen LogP contribution is 2.25. The second-order valence-electron chi connectivity index (χ2n) is 25.1. The Labute approximate surface area is 476 Å². The Bertz CT molecular complexity index is 2130. The first-order valence-electron chi connectivity index (χ1n) is 28.6. The Morgan fingerprint density at radius 3 is 1.68 bits per heavy atom. The van der Waals surface area contributed by atoms with Gasteiger partial charge in [-0.25, -0.2) is 5.90 Å². The standard InChI is InChI=1S/C57H103N11O12/c1-19-36(10)22-23-44(70)68-31-37(11)30-42(68)50(75)62-39(27-32(2)3)48(73)64-45(46(71)35(8)9)51(76)66-56(15,16)53(78)63-40(28-33(4)5)47(72)61-41(29-34(6)7)49(74)65-57(17,18)54(79)67-55(13,14)52(77)59-25-24-43(69)60-38(12)21-20-26-80-58/h22-23,32-42,45-46,71H,19-21,24-31,58H2,1-18H3,(H,59,77)(H,60,69)(H,61,72)(H,62,75)(H,63,78)(H,64,73)(H,65,74)(H,66,76)(H,67,79)/t36-,37?,38?,39?,40?,41?,42?,45?,46?/m1/s1. The molecule has 1 aliphatic heterocycles. The number of aliphatic hydroxyl groups is 1. The molecule has 0 saturated carbocycles. The molecule has 0 bridgehead atoms. The number of hydrogen-bond donors (Lipinski definition) is 11. The summed E-state index contributed by atoms with van der Waals surface area (Å²) in [6.45, 7) is 31.4. The fraction of sp³-hybridized carbons (Fsp3) is 0.789. The van der Waals surface area contributed by atoms with Crippen molar-refractivity contribution in [3.63, 3.8) is 0 Å². The first-order valence-corrected chi connectivity index (χ1v) is 28.6. The molecule has 9 atom stereocenters. The van der Waals surface area contributed by atoms with Gasteiger partial charge in [0.15, 0.2) is 0 Å². The van der Waals surface area contributed by atoms with Gasteiger partial charge in [-0.3, -0.25) is 47.9 Å². The number of rotatable bonds is 34. The van der Waals surface area contributed by atoms with Crippen LogP contribution in [0.4, 0.5) is 0 Å². The zero-order valence-corrected chi connectivity index (χ0v) is 51.4. The van der Waals surface area contributed by atoms with E-state index in [1.807, 2.05) is 75.3 Å². The number of likely N-dealkylation sites (tertiary alicyclic amines) is 1. The first kappa shape index (κ1) is 72.3. The zero-order chi connectivity index (χ0) is 61.6. The van der Waals surface area contributed by atoms with Crippen LogP contribution in [0.3, 0.4) is 0 Å². The molecule has 1 rings (SSSR count). The van der Waals surface area contributed by atoms with Crippen LogP contribution in [-0.4, -0.2) is 148 Å². The van der Waals surface area contributed by atoms with Crippen molar-refractivity contribution in [2.45, 2.75) is 235 Å². The third-order valence-corrected chi connectivity index (χ3v) is 13.9. The lowest BCUT2D eigenvalue weighted by Crippen LogP contribution is -2.66. The molecule has 12 N–H and O–H groups in total. The monoisotopic (exact) mass is 1130 g/mol. The molecule has 0 aliphatic carbocycles. The first-order chi connectivity index (χ1) is 36.9. The van der Waals surface area contributed by atoms with Crippen LogP contribution in [0.15, 0.2) is 12.2 Å². The molecular formula is C57H103N11O12. The maximum absolute atomic E-state index is 14.2. The van der Waals surface area contributed by atoms with Crippen molar-refractivity contribution < 1.29 is 57.9 Å². The molecule has 80 heavy (non-hydrogen) atoms. The van der Waals surface area contributed by atoms with Crippen molar-refractivity contribution in [1.82, 2.24) is 52.8 Å². The van der Waals surface area contributed by atoms with Crippen molar-refractivity contribution >= 4 is 59.1 Å². The van der Waals surface area contributed by atoms with Crippen molar-refractivity contribution in [2.75, 3.05) is 19.7 Å². The van der Waals surface area contributed by atoms with Crippen LogP contribution in [0, 0.1) is 35.5 Å². The van der Waals surface area contributed by atoms with Crippen LogP contribution in [0.2, 0.25) is 0 Å². The molecule has 0 radical (unpaired) electrons. The van der Waals surface area contributed by atoms with E-state index in [4.69, 9.17) is 5.90 Å². The Morgan fingerprint density at radius 1 is 0.650 bits per heavy atom. The highest BCUT2D eigenvalue weighted by atomic mass is 16.6. The summed E-state index contributed by atoms with van der Waals surface area (Å²) >= 11 is 0. The van der Waals surface area contributed by atoms with E-state index in [0.29, 0.717) is 32.4 Å². The molecule has 10 amide bonds. The van der Waals surface area contributed by atoms with E-state index in [-0.39, 0.29) is 79.7 Å². The van der Waals surface area contributed by atoms with Crippen LogP contribution >= 0.6 is 0 Å². The average Bonchev–Trinajstić information content (AvgIpc) is 3.74. The molecule has 1 aliphatic rings. The minimum Gasteiger partial charge on any atom is -0.390 e. The van der Waals surface area contributed by atoms with E-state index >= 15 is 0 Å². The summed E-state index contributed by atoms with van der Waals surface area (Å²) in [5, 5.41) is 35.8. The molecule has 1 heterocycles. The Morgan fingerprint density at radius 2 is 1.15 bits per heavy atom. The Kier molecular flexibility index (Phi) is 30.1. The van der Waals surface area contributed by atoms with Gasteiger partial charge in [0.1, 0.15) is 46.8 Å². The summed E-state index contributed by atoms with van der Waals surface area (Å²) in [4.78, 5) is 143. The number of aliphatic hydroxyl groups excluding tert-OH is 1. The van der Waals surface area contributed by atoms with E-state index < -0.39 is 106 Å². The number of carbonyl (C=O) groups is 10. The Hall–Kier alpha value is -5.68. The molecule has 0 aromatic carbocycles. The largest absolute Gasteiger partial charge is 0.390 e. The van der Waals surface area contributed by atoms with Gasteiger partial charge in [-0.05, 0) is 129 Å². The average molecular weight is 1130 g/mol. The second kappa shape index (κ2) is 33.3. The maximum Gasteiger partial charge on any atom is 0.246 e. The molecule has 23 heteroatoms. The van der Waals surface area contributed by atoms with Gasteiger partial charge < -0.3 is 62.7 Å². The fourth-order valence-corrected chi connectivity index (χ4v) is 8.74. The smallest absolute Gasteiger partial charge is 0.246 e. The summed E-state index contributed by atoms with van der Waals surface area (Å²) < 4.78 is 0. The third-order valence-electron chi connectivity index (χ3n) is 13.9. The summed E-state index contributed by atoms with van der Waals surface area (Å²) in [6, 6.07) is -6.17. The molecule has 23 nitrogen and oxygen atoms in total. The number of carbonyl (C=O) groups excluding carboxylic acids is 10. The fourth-order valence-electron chi connectivity index (χ4n) is 8.74. The van der Waals surface area contributed by atoms with E-state index in [0.717, 1.165) is 6.42 Å². The van der Waals surface area contributed by atoms with Crippen LogP contribution in [0.25, 0.3) is 0 Å². The summed E-state index contributed by atoms with van der Waals surface area (Å²) in [6.07, 6.45) is 4.74. The van der Waals surface area contributed by atoms with Crippen LogP contribution in [-0.2, 0) is 52.8 Å². The van der Waals surface area contributed by atoms with Crippen molar-refractivity contribution in [3.8, 4) is 0 Å². The lowest BCUT2D eigenvalue weighted by atomic mass is 9.95. The number of nitrogens with zero attached hydrogens (tertiary/aromatic N) is 1. The van der Waals surface area contributed by atoms with Gasteiger partial charge in [0.05, 0.1) is 12.7 Å². The topological polar surface area (TPSA) is 338 Å². The van der Waals surface area contributed by atoms with Crippen molar-refractivity contribution in [2.24, 2.45) is 41.4 Å². The van der Waals surface area contributed by atoms with Crippen LogP contribution in [0.1, 0.15) is 176 Å². The van der Waals surface area contributed by atoms with Gasteiger partial charge in [-0.1, -0.05) is 88.7 Å². The molecule has 1 saturated heterocycles. The second-order valence-corrected chi connectivity index (χ2v) is 25.1. The van der Waals surface area contributed by atoms with Gasteiger partial charge in [0, 0.05) is 25.6 Å². The molecule has 0 aromatic rings. The molecule has 0 aromatic heterocycles. The molecule has 1 fully saturated rings. The van der Waals surface area contributed by atoms with Crippen LogP contribution < -0.4 is 53.7 Å². The molecule has 458 valence electrons. The highest BCUT2D eigenvalue weighted by Gasteiger charge is 2.43. The van der Waals surface area contributed by atoms with E-state index in [1.54, 1.807) is 13.8 Å². The highest BCUT2D eigenvalue weighted by molar-refractivity contribution is 6.00. The van der Waals surface area contributed by atoms with E-state index in [1.165, 1.54) is 52.5 Å². The molecular weight excluding hydrogens is 1030 g/mol. The van der Waals surface area contributed by atoms with E-state index in [9.17, 15) is 53.1 Å². The summed E-state index contributed by atoms with van der Waals surface area (Å²) in [5.74, 6) is -2.06. The van der Waals surface area contributed by atoms with Gasteiger partial charge in [0.2, 0.25) is 59.1 Å². The molecule has 8 unspecified atom stereocenters. The van der Waals surface area contributed by atoms with Crippen molar-refractivity contribution in [3.05, 3.63) is 12.2 Å². The van der Waals surface area contributed by atoms with Gasteiger partial charge >= 0.3 is 0 Å². The third kappa shape index (κ3) is 25.0. The van der Waals surface area contributed by atoms with Gasteiger partial charge in [-0.2, -0.15) is 0 Å². The number of amides is 10. The normalized spacial score (nSPS) is 17.7. The number of nitrogens with two attached hydrogens (primary N) is 1. The van der Waals surface area contributed by atoms with Gasteiger partial charge in [0.25, 0.3) is 0 Å². The Balaban J connectivity index is 3.26. The van der Waals surface area contributed by atoms with Gasteiger partial charge in [-0.15, -0.1) is 0 Å². The SMILES string of the molecule is CC[C@@H](C)C=CC(=O)N1CC(C)CC1C(=O)NC(CC(C)C)C(=O)NC(C(=O)NC(C)(C)C(=O)NC(CC(C)C)C(=O)NC(CC(C)C)C(=O)NC(C)(C)C(=O)NC(C)(C)C(=O)NCCC(=O)NC(C)CCCON)C(O)C(C)C. The summed E-state index contributed by atoms with van der Waals surface area (Å²) in [5.41, 5.74) is -4.85. The van der Waals surface area contributed by atoms with E-state index in [2.05, 4.69) is 52.7 Å². The lowest BCUT2D eigenvalue weighted by Gasteiger charge is -2.34. The number of allylic oxidation sites excluding steroid dienone is 1. The zero-order valence-electron chi connectivity index (χ0n) is 51.4. The minimum absolute atomic E-state index is 0.00205. The minimum atomic E-state index is -1.76. The molecule has 0 spiro atoms. The number of hydrogen-bond acceptors (Lipinski definition) is 13. The maximum atomic E-state index is 14.2.